The van der Waals surface area contributed by atoms with E-state index >= 15 is 0 Å². The maximum Gasteiger partial charge on any atom is 0.258 e. The molecule has 0 aliphatic rings. The molecule has 0 atom stereocenters. The van der Waals surface area contributed by atoms with E-state index in [9.17, 15) is 4.79 Å². The van der Waals surface area contributed by atoms with Crippen LogP contribution in [0.3, 0.4) is 0 Å². The summed E-state index contributed by atoms with van der Waals surface area (Å²) in [6.07, 6.45) is 4.23. The zero-order chi connectivity index (χ0) is 14.7. The first-order valence-corrected chi connectivity index (χ1v) is 6.35. The lowest BCUT2D eigenvalue weighted by atomic mass is 10.2. The molecular weight excluding hydrogens is 292 g/mol. The van der Waals surface area contributed by atoms with E-state index < -0.39 is 0 Å². The summed E-state index contributed by atoms with van der Waals surface area (Å²) in [4.78, 5) is 24.0. The Balaban J connectivity index is 1.84. The highest BCUT2D eigenvalue weighted by Gasteiger charge is 2.11. The molecule has 8 heteroatoms. The maximum absolute atomic E-state index is 12.1. The number of hydrogen-bond donors (Lipinski definition) is 1. The van der Waals surface area contributed by atoms with Crippen molar-refractivity contribution in [2.45, 2.75) is 0 Å². The first-order chi connectivity index (χ1) is 10.2. The molecule has 7 nitrogen and oxygen atoms in total. The van der Waals surface area contributed by atoms with Crippen molar-refractivity contribution in [3.63, 3.8) is 0 Å². The van der Waals surface area contributed by atoms with Crippen molar-refractivity contribution >= 4 is 23.3 Å². The fourth-order valence-electron chi connectivity index (χ4n) is 1.70. The Hall–Kier alpha value is -2.80. The van der Waals surface area contributed by atoms with Crippen molar-refractivity contribution in [1.82, 2.24) is 24.7 Å². The van der Waals surface area contributed by atoms with Gasteiger partial charge in [-0.3, -0.25) is 4.79 Å². The molecule has 2 aromatic heterocycles. The number of amides is 1. The van der Waals surface area contributed by atoms with Crippen LogP contribution >= 0.6 is 11.6 Å². The van der Waals surface area contributed by atoms with E-state index in [0.29, 0.717) is 22.2 Å². The largest absolute Gasteiger partial charge is 0.306 e. The molecule has 104 valence electrons. The molecule has 0 aliphatic carbocycles. The zero-order valence-electron chi connectivity index (χ0n) is 10.6. The summed E-state index contributed by atoms with van der Waals surface area (Å²) in [7, 11) is 0. The van der Waals surface area contributed by atoms with Gasteiger partial charge in [-0.25, -0.2) is 19.6 Å². The minimum absolute atomic E-state index is 0.344. The number of nitrogens with zero attached hydrogens (tertiary/aromatic N) is 5. The molecule has 1 N–H and O–H groups in total. The second-order valence-corrected chi connectivity index (χ2v) is 4.44. The van der Waals surface area contributed by atoms with Gasteiger partial charge in [0.25, 0.3) is 5.91 Å². The number of nitrogens with one attached hydrogen (secondary N) is 1. The van der Waals surface area contributed by atoms with Crippen molar-refractivity contribution in [2.75, 3.05) is 5.32 Å². The van der Waals surface area contributed by atoms with Crippen LogP contribution in [-0.2, 0) is 0 Å². The lowest BCUT2D eigenvalue weighted by Gasteiger charge is -2.06. The number of anilines is 1. The Kier molecular flexibility index (Phi) is 3.57. The highest BCUT2D eigenvalue weighted by atomic mass is 35.5. The van der Waals surface area contributed by atoms with Gasteiger partial charge in [0.15, 0.2) is 5.82 Å². The topological polar surface area (TPSA) is 85.6 Å². The van der Waals surface area contributed by atoms with Crippen molar-refractivity contribution in [3.05, 3.63) is 59.9 Å². The van der Waals surface area contributed by atoms with E-state index in [0.717, 1.165) is 0 Å². The number of aromatic nitrogens is 5. The Morgan fingerprint density at radius 2 is 2.05 bits per heavy atom. The van der Waals surface area contributed by atoms with Crippen LogP contribution < -0.4 is 5.32 Å². The molecule has 21 heavy (non-hydrogen) atoms. The van der Waals surface area contributed by atoms with E-state index in [4.69, 9.17) is 11.6 Å². The van der Waals surface area contributed by atoms with Crippen LogP contribution in [-0.4, -0.2) is 30.6 Å². The monoisotopic (exact) mass is 300 g/mol. The summed E-state index contributed by atoms with van der Waals surface area (Å²) in [5, 5.41) is 7.00. The fraction of sp³-hybridized carbons (Fsp3) is 0. The van der Waals surface area contributed by atoms with Gasteiger partial charge in [0.2, 0.25) is 0 Å². The van der Waals surface area contributed by atoms with Crippen LogP contribution in [0.4, 0.5) is 5.82 Å². The lowest BCUT2D eigenvalue weighted by Crippen LogP contribution is -2.14. The molecule has 0 bridgehead atoms. The summed E-state index contributed by atoms with van der Waals surface area (Å²) >= 11 is 5.98. The summed E-state index contributed by atoms with van der Waals surface area (Å²) in [6.45, 7) is 0. The van der Waals surface area contributed by atoms with E-state index in [-0.39, 0.29) is 5.91 Å². The Morgan fingerprint density at radius 3 is 2.81 bits per heavy atom. The van der Waals surface area contributed by atoms with Crippen LogP contribution in [0.25, 0.3) is 5.82 Å². The number of carbonyl (C=O) groups is 1. The van der Waals surface area contributed by atoms with Gasteiger partial charge < -0.3 is 5.32 Å². The van der Waals surface area contributed by atoms with Gasteiger partial charge in [-0.15, -0.1) is 0 Å². The van der Waals surface area contributed by atoms with Gasteiger partial charge in [0.1, 0.15) is 24.8 Å². The molecular formula is C13H9ClN6O. The third kappa shape index (κ3) is 2.87. The van der Waals surface area contributed by atoms with E-state index in [2.05, 4.69) is 25.4 Å². The van der Waals surface area contributed by atoms with E-state index in [1.54, 1.807) is 30.3 Å². The number of carbonyl (C=O) groups excluding carboxylic acids is 1. The van der Waals surface area contributed by atoms with Gasteiger partial charge in [0, 0.05) is 6.07 Å². The predicted molar refractivity (Wildman–Crippen MR) is 76.4 cm³/mol. The lowest BCUT2D eigenvalue weighted by molar-refractivity contribution is 0.102. The second-order valence-electron chi connectivity index (χ2n) is 4.04. The number of hydrogen-bond acceptors (Lipinski definition) is 5. The minimum Gasteiger partial charge on any atom is -0.306 e. The normalized spacial score (nSPS) is 10.3. The van der Waals surface area contributed by atoms with E-state index in [1.165, 1.54) is 23.7 Å². The van der Waals surface area contributed by atoms with Gasteiger partial charge in [0.05, 0.1) is 10.6 Å². The van der Waals surface area contributed by atoms with Crippen LogP contribution in [0.15, 0.2) is 49.3 Å². The van der Waals surface area contributed by atoms with Gasteiger partial charge >= 0.3 is 0 Å². The van der Waals surface area contributed by atoms with Crippen molar-refractivity contribution in [2.24, 2.45) is 0 Å². The van der Waals surface area contributed by atoms with Crippen molar-refractivity contribution in [3.8, 4) is 5.82 Å². The first-order valence-electron chi connectivity index (χ1n) is 5.97. The second kappa shape index (κ2) is 5.68. The highest BCUT2D eigenvalue weighted by Crippen LogP contribution is 2.16. The van der Waals surface area contributed by atoms with E-state index in [1.807, 2.05) is 0 Å². The van der Waals surface area contributed by atoms with Gasteiger partial charge in [-0.1, -0.05) is 23.7 Å². The van der Waals surface area contributed by atoms with Crippen LogP contribution in [0.5, 0.6) is 0 Å². The number of benzene rings is 1. The quantitative estimate of drug-likeness (QED) is 0.799. The number of halogens is 1. The molecule has 3 aromatic rings. The molecule has 0 aliphatic heterocycles. The van der Waals surface area contributed by atoms with Gasteiger partial charge in [-0.05, 0) is 12.1 Å². The minimum atomic E-state index is -0.344. The molecule has 0 radical (unpaired) electrons. The predicted octanol–water partition coefficient (Wildman–Crippen LogP) is 1.96. The fourth-order valence-corrected chi connectivity index (χ4v) is 1.92. The first kappa shape index (κ1) is 13.2. The van der Waals surface area contributed by atoms with Crippen molar-refractivity contribution < 1.29 is 4.79 Å². The molecule has 0 unspecified atom stereocenters. The van der Waals surface area contributed by atoms with Crippen molar-refractivity contribution in [1.29, 1.82) is 0 Å². The summed E-state index contributed by atoms with van der Waals surface area (Å²) in [5.41, 5.74) is 0.375. The maximum atomic E-state index is 12.1. The molecule has 0 fully saturated rings. The third-order valence-electron chi connectivity index (χ3n) is 2.67. The molecule has 0 spiro atoms. The smallest absolute Gasteiger partial charge is 0.258 e. The van der Waals surface area contributed by atoms with Crippen LogP contribution in [0.1, 0.15) is 10.4 Å². The Labute approximate surface area is 124 Å². The molecule has 0 saturated heterocycles. The molecule has 2 heterocycles. The molecule has 0 saturated carbocycles. The highest BCUT2D eigenvalue weighted by molar-refractivity contribution is 6.34. The average Bonchev–Trinajstić information content (AvgIpc) is 3.02. The third-order valence-corrected chi connectivity index (χ3v) is 3.00. The van der Waals surface area contributed by atoms with Crippen LogP contribution in [0, 0.1) is 0 Å². The Morgan fingerprint density at radius 1 is 1.19 bits per heavy atom. The van der Waals surface area contributed by atoms with Crippen LogP contribution in [0.2, 0.25) is 5.02 Å². The molecule has 3 rings (SSSR count). The van der Waals surface area contributed by atoms with Gasteiger partial charge in [-0.2, -0.15) is 5.10 Å². The zero-order valence-corrected chi connectivity index (χ0v) is 11.4. The molecule has 1 amide bonds. The SMILES string of the molecule is O=C(Nc1cc(-n2cncn2)ncn1)c1ccccc1Cl. The number of rotatable bonds is 3. The summed E-state index contributed by atoms with van der Waals surface area (Å²) in [6, 6.07) is 8.37. The molecule has 1 aromatic carbocycles. The average molecular weight is 301 g/mol. The standard InChI is InChI=1S/C13H9ClN6O/c14-10-4-2-1-3-9(10)13(21)19-11-5-12(17-7-16-11)20-8-15-6-18-20/h1-8H,(H,16,17,19,21). The summed E-state index contributed by atoms with van der Waals surface area (Å²) < 4.78 is 1.47. The Bertz CT molecular complexity index is 774. The summed E-state index contributed by atoms with van der Waals surface area (Å²) in [5.74, 6) is 0.501.